The highest BCUT2D eigenvalue weighted by Gasteiger charge is 2.05. The first kappa shape index (κ1) is 10.5. The van der Waals surface area contributed by atoms with Crippen molar-refractivity contribution >= 4 is 0 Å². The molecule has 0 fully saturated rings. The van der Waals surface area contributed by atoms with Crippen LogP contribution in [-0.2, 0) is 0 Å². The highest BCUT2D eigenvalue weighted by atomic mass is 16.3. The lowest BCUT2D eigenvalue weighted by atomic mass is 9.95. The van der Waals surface area contributed by atoms with Gasteiger partial charge in [-0.3, -0.25) is 0 Å². The number of hydrogen-bond donors (Lipinski definition) is 2. The van der Waals surface area contributed by atoms with Crippen LogP contribution >= 0.6 is 0 Å². The van der Waals surface area contributed by atoms with E-state index in [2.05, 4.69) is 6.92 Å². The van der Waals surface area contributed by atoms with Gasteiger partial charge in [-0.15, -0.1) is 0 Å². The standard InChI is InChI=1S/C9H18O2/c1-8(4-3-5-10)6-9(2)7-11/h3,5,8-11H,4,6-7H2,1-2H3. The van der Waals surface area contributed by atoms with Gasteiger partial charge in [-0.1, -0.05) is 13.8 Å². The Morgan fingerprint density at radius 1 is 1.27 bits per heavy atom. The average molecular weight is 158 g/mol. The highest BCUT2D eigenvalue weighted by molar-refractivity contribution is 4.75. The second-order valence-electron chi connectivity index (χ2n) is 3.25. The molecule has 2 N–H and O–H groups in total. The van der Waals surface area contributed by atoms with Gasteiger partial charge in [0, 0.05) is 6.61 Å². The van der Waals surface area contributed by atoms with Gasteiger partial charge in [0.05, 0.1) is 6.26 Å². The number of rotatable bonds is 5. The zero-order chi connectivity index (χ0) is 8.69. The molecule has 0 aromatic heterocycles. The van der Waals surface area contributed by atoms with Crippen LogP contribution < -0.4 is 0 Å². The predicted octanol–water partition coefficient (Wildman–Crippen LogP) is 2.10. The molecular weight excluding hydrogens is 140 g/mol. The number of aliphatic hydroxyl groups excluding tert-OH is 2. The molecule has 0 saturated heterocycles. The van der Waals surface area contributed by atoms with Crippen molar-refractivity contribution < 1.29 is 10.2 Å². The monoisotopic (exact) mass is 158 g/mol. The van der Waals surface area contributed by atoms with E-state index < -0.39 is 0 Å². The van der Waals surface area contributed by atoms with Crippen LogP contribution in [0.4, 0.5) is 0 Å². The average Bonchev–Trinajstić information content (AvgIpc) is 2.00. The first-order chi connectivity index (χ1) is 5.20. The Bertz CT molecular complexity index is 110. The fourth-order valence-corrected chi connectivity index (χ4v) is 1.15. The Hall–Kier alpha value is -0.500. The van der Waals surface area contributed by atoms with Crippen LogP contribution in [0.1, 0.15) is 26.7 Å². The summed E-state index contributed by atoms with van der Waals surface area (Å²) in [5.74, 6) is 0.914. The van der Waals surface area contributed by atoms with Crippen LogP contribution in [0, 0.1) is 11.8 Å². The second kappa shape index (κ2) is 6.23. The third kappa shape index (κ3) is 5.92. The molecule has 0 saturated carbocycles. The van der Waals surface area contributed by atoms with Gasteiger partial charge in [-0.2, -0.15) is 0 Å². The molecule has 2 nitrogen and oxygen atoms in total. The number of allylic oxidation sites excluding steroid dienone is 1. The summed E-state index contributed by atoms with van der Waals surface area (Å²) < 4.78 is 0. The van der Waals surface area contributed by atoms with E-state index in [4.69, 9.17) is 10.2 Å². The van der Waals surface area contributed by atoms with Crippen molar-refractivity contribution in [1.82, 2.24) is 0 Å². The molecule has 0 aliphatic carbocycles. The Labute approximate surface area is 68.6 Å². The summed E-state index contributed by atoms with van der Waals surface area (Å²) in [6.07, 6.45) is 4.73. The van der Waals surface area contributed by atoms with Gasteiger partial charge >= 0.3 is 0 Å². The Kier molecular flexibility index (Phi) is 5.94. The highest BCUT2D eigenvalue weighted by Crippen LogP contribution is 2.14. The SMILES string of the molecule is CC(CO)CC(C)CC=CO. The van der Waals surface area contributed by atoms with Crippen molar-refractivity contribution in [3.05, 3.63) is 12.3 Å². The molecule has 2 unspecified atom stereocenters. The minimum Gasteiger partial charge on any atom is -0.516 e. The molecule has 0 aromatic rings. The van der Waals surface area contributed by atoms with Gasteiger partial charge in [0.2, 0.25) is 0 Å². The molecule has 0 rings (SSSR count). The normalized spacial score (nSPS) is 17.0. The van der Waals surface area contributed by atoms with Gasteiger partial charge in [0.25, 0.3) is 0 Å². The lowest BCUT2D eigenvalue weighted by Gasteiger charge is -2.12. The van der Waals surface area contributed by atoms with E-state index in [9.17, 15) is 0 Å². The predicted molar refractivity (Wildman–Crippen MR) is 46.4 cm³/mol. The first-order valence-electron chi connectivity index (χ1n) is 4.10. The molecule has 0 amide bonds. The number of hydrogen-bond acceptors (Lipinski definition) is 2. The van der Waals surface area contributed by atoms with Crippen molar-refractivity contribution in [2.45, 2.75) is 26.7 Å². The zero-order valence-corrected chi connectivity index (χ0v) is 7.33. The number of aliphatic hydroxyl groups is 2. The van der Waals surface area contributed by atoms with E-state index in [1.165, 1.54) is 0 Å². The molecule has 2 atom stereocenters. The van der Waals surface area contributed by atoms with Crippen molar-refractivity contribution in [2.75, 3.05) is 6.61 Å². The van der Waals surface area contributed by atoms with Crippen LogP contribution in [0.2, 0.25) is 0 Å². The van der Waals surface area contributed by atoms with E-state index in [-0.39, 0.29) is 6.61 Å². The minimum absolute atomic E-state index is 0.257. The van der Waals surface area contributed by atoms with Crippen molar-refractivity contribution in [3.63, 3.8) is 0 Å². The molecule has 0 bridgehead atoms. The fraction of sp³-hybridized carbons (Fsp3) is 0.778. The fourth-order valence-electron chi connectivity index (χ4n) is 1.15. The van der Waals surface area contributed by atoms with Crippen LogP contribution in [0.15, 0.2) is 12.3 Å². The lowest BCUT2D eigenvalue weighted by molar-refractivity contribution is 0.215. The van der Waals surface area contributed by atoms with Crippen LogP contribution in [0.3, 0.4) is 0 Å². The molecule has 0 heterocycles. The van der Waals surface area contributed by atoms with Gasteiger partial charge in [0.15, 0.2) is 0 Å². The maximum absolute atomic E-state index is 8.74. The summed E-state index contributed by atoms with van der Waals surface area (Å²) in [5, 5.41) is 17.1. The smallest absolute Gasteiger partial charge is 0.0751 e. The molecule has 2 heteroatoms. The Balaban J connectivity index is 3.42. The third-order valence-electron chi connectivity index (χ3n) is 1.76. The zero-order valence-electron chi connectivity index (χ0n) is 7.33. The maximum atomic E-state index is 8.74. The second-order valence-corrected chi connectivity index (χ2v) is 3.25. The van der Waals surface area contributed by atoms with Crippen LogP contribution in [0.25, 0.3) is 0 Å². The van der Waals surface area contributed by atoms with Gasteiger partial charge in [-0.25, -0.2) is 0 Å². The molecule has 0 spiro atoms. The van der Waals surface area contributed by atoms with E-state index in [0.29, 0.717) is 11.8 Å². The van der Waals surface area contributed by atoms with E-state index in [1.807, 2.05) is 6.92 Å². The van der Waals surface area contributed by atoms with E-state index >= 15 is 0 Å². The van der Waals surface area contributed by atoms with Crippen molar-refractivity contribution in [3.8, 4) is 0 Å². The van der Waals surface area contributed by atoms with E-state index in [0.717, 1.165) is 19.1 Å². The van der Waals surface area contributed by atoms with E-state index in [1.54, 1.807) is 6.08 Å². The summed E-state index contributed by atoms with van der Waals surface area (Å²) in [4.78, 5) is 0. The third-order valence-corrected chi connectivity index (χ3v) is 1.76. The van der Waals surface area contributed by atoms with Crippen molar-refractivity contribution in [2.24, 2.45) is 11.8 Å². The molecule has 11 heavy (non-hydrogen) atoms. The Morgan fingerprint density at radius 3 is 2.36 bits per heavy atom. The van der Waals surface area contributed by atoms with Gasteiger partial charge < -0.3 is 10.2 Å². The molecular formula is C9H18O2. The van der Waals surface area contributed by atoms with Gasteiger partial charge in [0.1, 0.15) is 0 Å². The molecule has 0 aromatic carbocycles. The molecule has 0 aliphatic rings. The quantitative estimate of drug-likeness (QED) is 0.601. The van der Waals surface area contributed by atoms with Crippen LogP contribution in [0.5, 0.6) is 0 Å². The molecule has 66 valence electrons. The maximum Gasteiger partial charge on any atom is 0.0751 e. The lowest BCUT2D eigenvalue weighted by Crippen LogP contribution is -2.06. The summed E-state index contributed by atoms with van der Waals surface area (Å²) in [5.41, 5.74) is 0. The van der Waals surface area contributed by atoms with Gasteiger partial charge in [-0.05, 0) is 30.8 Å². The topological polar surface area (TPSA) is 40.5 Å². The van der Waals surface area contributed by atoms with Crippen molar-refractivity contribution in [1.29, 1.82) is 0 Å². The summed E-state index contributed by atoms with van der Waals surface area (Å²) in [7, 11) is 0. The minimum atomic E-state index is 0.257. The first-order valence-corrected chi connectivity index (χ1v) is 4.10. The summed E-state index contributed by atoms with van der Waals surface area (Å²) in [6.45, 7) is 4.40. The molecule has 0 radical (unpaired) electrons. The largest absolute Gasteiger partial charge is 0.516 e. The summed E-state index contributed by atoms with van der Waals surface area (Å²) in [6, 6.07) is 0. The molecule has 0 aliphatic heterocycles. The van der Waals surface area contributed by atoms with Crippen LogP contribution in [-0.4, -0.2) is 16.8 Å². The Morgan fingerprint density at radius 2 is 1.91 bits per heavy atom. The summed E-state index contributed by atoms with van der Waals surface area (Å²) >= 11 is 0.